The average molecular weight is 448 g/mol. The molecule has 2 heterocycles. The van der Waals surface area contributed by atoms with Gasteiger partial charge in [-0.05, 0) is 54.8 Å². The van der Waals surface area contributed by atoms with Gasteiger partial charge in [-0.15, -0.1) is 10.2 Å². The van der Waals surface area contributed by atoms with Crippen LogP contribution < -0.4 is 5.32 Å². The number of rotatable bonds is 4. The van der Waals surface area contributed by atoms with E-state index >= 15 is 0 Å². The van der Waals surface area contributed by atoms with Crippen LogP contribution in [0.5, 0.6) is 0 Å². The fraction of sp³-hybridized carbons (Fsp3) is 0.318. The summed E-state index contributed by atoms with van der Waals surface area (Å²) in [6.07, 6.45) is -2.93. The summed E-state index contributed by atoms with van der Waals surface area (Å²) in [6.45, 7) is 1.23. The lowest BCUT2D eigenvalue weighted by molar-refractivity contribution is -0.137. The Bertz CT molecular complexity index is 1060. The summed E-state index contributed by atoms with van der Waals surface area (Å²) in [6, 6.07) is 10.1. The topological polar surface area (TPSA) is 71.3 Å². The van der Waals surface area contributed by atoms with Crippen molar-refractivity contribution in [3.05, 3.63) is 71.4 Å². The number of benzene rings is 2. The molecule has 32 heavy (non-hydrogen) atoms. The molecule has 1 atom stereocenters. The number of nitrogens with one attached hydrogen (secondary N) is 1. The number of amides is 2. The lowest BCUT2D eigenvalue weighted by atomic mass is 9.98. The Morgan fingerprint density at radius 2 is 1.81 bits per heavy atom. The van der Waals surface area contributed by atoms with E-state index in [0.29, 0.717) is 24.5 Å². The van der Waals surface area contributed by atoms with E-state index in [0.717, 1.165) is 30.5 Å². The second-order valence-electron chi connectivity index (χ2n) is 7.59. The maximum Gasteiger partial charge on any atom is 0.416 e. The first-order valence-corrected chi connectivity index (χ1v) is 10.1. The molecule has 168 valence electrons. The van der Waals surface area contributed by atoms with Gasteiger partial charge in [0, 0.05) is 25.2 Å². The molecular weight excluding hydrogens is 428 g/mol. The molecule has 1 N–H and O–H groups in total. The van der Waals surface area contributed by atoms with E-state index in [1.54, 1.807) is 17.0 Å². The highest BCUT2D eigenvalue weighted by Gasteiger charge is 2.31. The third kappa shape index (κ3) is 5.06. The second kappa shape index (κ2) is 8.97. The molecular formula is C22H20F4N4O2. The highest BCUT2D eigenvalue weighted by Crippen LogP contribution is 2.32. The van der Waals surface area contributed by atoms with Gasteiger partial charge in [0.25, 0.3) is 0 Å². The number of carbonyl (C=O) groups is 1. The molecule has 2 amide bonds. The van der Waals surface area contributed by atoms with Gasteiger partial charge in [-0.3, -0.25) is 0 Å². The molecule has 10 heteroatoms. The molecule has 1 fully saturated rings. The van der Waals surface area contributed by atoms with Crippen molar-refractivity contribution >= 4 is 6.03 Å². The number of hydrogen-bond acceptors (Lipinski definition) is 4. The number of piperidine rings is 1. The molecule has 1 aliphatic heterocycles. The Morgan fingerprint density at radius 1 is 1.09 bits per heavy atom. The number of alkyl halides is 3. The van der Waals surface area contributed by atoms with E-state index in [4.69, 9.17) is 4.42 Å². The van der Waals surface area contributed by atoms with Crippen LogP contribution in [0.4, 0.5) is 22.4 Å². The van der Waals surface area contributed by atoms with Crippen LogP contribution in [-0.4, -0.2) is 34.2 Å². The molecule has 1 aromatic heterocycles. The monoisotopic (exact) mass is 448 g/mol. The van der Waals surface area contributed by atoms with Crippen LogP contribution in [0.1, 0.15) is 35.8 Å². The molecule has 1 saturated heterocycles. The molecule has 1 aliphatic rings. The summed E-state index contributed by atoms with van der Waals surface area (Å²) >= 11 is 0. The molecule has 1 unspecified atom stereocenters. The van der Waals surface area contributed by atoms with Crippen molar-refractivity contribution in [2.45, 2.75) is 31.5 Å². The maximum absolute atomic E-state index is 13.0. The van der Waals surface area contributed by atoms with Gasteiger partial charge in [0.15, 0.2) is 0 Å². The zero-order chi connectivity index (χ0) is 22.7. The van der Waals surface area contributed by atoms with Crippen molar-refractivity contribution in [3.8, 4) is 11.5 Å². The van der Waals surface area contributed by atoms with Crippen LogP contribution in [0.25, 0.3) is 11.5 Å². The molecule has 3 aromatic rings. The largest absolute Gasteiger partial charge is 0.420 e. The molecule has 2 aromatic carbocycles. The second-order valence-corrected chi connectivity index (χ2v) is 7.59. The van der Waals surface area contributed by atoms with Gasteiger partial charge in [0.1, 0.15) is 5.82 Å². The van der Waals surface area contributed by atoms with Crippen LogP contribution in [0, 0.1) is 5.82 Å². The van der Waals surface area contributed by atoms with E-state index in [9.17, 15) is 22.4 Å². The predicted molar refractivity (Wildman–Crippen MR) is 107 cm³/mol. The highest BCUT2D eigenvalue weighted by atomic mass is 19.4. The van der Waals surface area contributed by atoms with Crippen LogP contribution >= 0.6 is 0 Å². The zero-order valence-corrected chi connectivity index (χ0v) is 16.9. The van der Waals surface area contributed by atoms with E-state index in [1.165, 1.54) is 24.3 Å². The van der Waals surface area contributed by atoms with E-state index in [-0.39, 0.29) is 30.2 Å². The number of aromatic nitrogens is 2. The highest BCUT2D eigenvalue weighted by molar-refractivity contribution is 5.74. The maximum atomic E-state index is 13.0. The average Bonchev–Trinajstić information content (AvgIpc) is 3.28. The summed E-state index contributed by atoms with van der Waals surface area (Å²) in [4.78, 5) is 14.2. The molecule has 0 spiro atoms. The van der Waals surface area contributed by atoms with E-state index in [2.05, 4.69) is 15.5 Å². The normalized spacial score (nSPS) is 16.8. The van der Waals surface area contributed by atoms with E-state index in [1.807, 2.05) is 0 Å². The van der Waals surface area contributed by atoms with Crippen molar-refractivity contribution in [1.82, 2.24) is 20.4 Å². The van der Waals surface area contributed by atoms with Crippen LogP contribution in [-0.2, 0) is 12.7 Å². The summed E-state index contributed by atoms with van der Waals surface area (Å²) < 4.78 is 56.9. The summed E-state index contributed by atoms with van der Waals surface area (Å²) in [5.41, 5.74) is 0.420. The quantitative estimate of drug-likeness (QED) is 0.572. The van der Waals surface area contributed by atoms with Crippen molar-refractivity contribution in [2.24, 2.45) is 0 Å². The first-order valence-electron chi connectivity index (χ1n) is 10.1. The number of hydrogen-bond donors (Lipinski definition) is 1. The third-order valence-electron chi connectivity index (χ3n) is 5.31. The third-order valence-corrected chi connectivity index (χ3v) is 5.31. The lowest BCUT2D eigenvalue weighted by Gasteiger charge is -2.31. The van der Waals surface area contributed by atoms with Gasteiger partial charge in [-0.25, -0.2) is 9.18 Å². The Labute approximate surface area is 181 Å². The van der Waals surface area contributed by atoms with Gasteiger partial charge in [-0.1, -0.05) is 12.1 Å². The molecule has 6 nitrogen and oxygen atoms in total. The minimum atomic E-state index is -4.42. The summed E-state index contributed by atoms with van der Waals surface area (Å²) in [5, 5.41) is 10.8. The molecule has 0 saturated carbocycles. The van der Waals surface area contributed by atoms with Gasteiger partial charge in [-0.2, -0.15) is 13.2 Å². The minimum Gasteiger partial charge on any atom is -0.420 e. The Morgan fingerprint density at radius 3 is 2.50 bits per heavy atom. The van der Waals surface area contributed by atoms with Gasteiger partial charge < -0.3 is 14.6 Å². The molecule has 0 aliphatic carbocycles. The van der Waals surface area contributed by atoms with Crippen molar-refractivity contribution in [3.63, 3.8) is 0 Å². The minimum absolute atomic E-state index is 0.131. The van der Waals surface area contributed by atoms with Gasteiger partial charge >= 0.3 is 12.2 Å². The molecule has 0 radical (unpaired) electrons. The predicted octanol–water partition coefficient (Wildman–Crippen LogP) is 4.98. The van der Waals surface area contributed by atoms with Crippen LogP contribution in [0.15, 0.2) is 52.9 Å². The van der Waals surface area contributed by atoms with Crippen LogP contribution in [0.2, 0.25) is 0 Å². The first kappa shape index (κ1) is 21.8. The number of nitrogens with zero attached hydrogens (tertiary/aromatic N) is 3. The van der Waals surface area contributed by atoms with E-state index < -0.39 is 11.7 Å². The standard InChI is InChI=1S/C22H20F4N4O2/c23-18-9-3-14(4-10-18)12-27-21(31)30-11-1-2-16(13-30)20-29-28-19(32-20)15-5-7-17(8-6-15)22(24,25)26/h3-10,16H,1-2,11-13H2,(H,27,31). The smallest absolute Gasteiger partial charge is 0.416 e. The summed E-state index contributed by atoms with van der Waals surface area (Å²) in [7, 11) is 0. The molecule has 0 bridgehead atoms. The zero-order valence-electron chi connectivity index (χ0n) is 16.9. The van der Waals surface area contributed by atoms with Crippen molar-refractivity contribution in [1.29, 1.82) is 0 Å². The number of urea groups is 1. The summed E-state index contributed by atoms with van der Waals surface area (Å²) in [5.74, 6) is -0.0345. The number of carbonyl (C=O) groups excluding carboxylic acids is 1. The van der Waals surface area contributed by atoms with Gasteiger partial charge in [0.05, 0.1) is 11.5 Å². The fourth-order valence-electron chi connectivity index (χ4n) is 3.57. The van der Waals surface area contributed by atoms with Crippen molar-refractivity contribution < 1.29 is 26.8 Å². The Hall–Kier alpha value is -3.43. The Kier molecular flexibility index (Phi) is 6.11. The lowest BCUT2D eigenvalue weighted by Crippen LogP contribution is -2.44. The first-order chi connectivity index (χ1) is 15.3. The molecule has 4 rings (SSSR count). The number of likely N-dealkylation sites (tertiary alicyclic amines) is 1. The number of halogens is 4. The Balaban J connectivity index is 1.37. The van der Waals surface area contributed by atoms with Crippen molar-refractivity contribution in [2.75, 3.05) is 13.1 Å². The van der Waals surface area contributed by atoms with Gasteiger partial charge in [0.2, 0.25) is 11.8 Å². The fourth-order valence-corrected chi connectivity index (χ4v) is 3.57. The van der Waals surface area contributed by atoms with Crippen LogP contribution in [0.3, 0.4) is 0 Å². The SMILES string of the molecule is O=C(NCc1ccc(F)cc1)N1CCCC(c2nnc(-c3ccc(C(F)(F)F)cc3)o2)C1.